The fraction of sp³-hybridized carbons (Fsp3) is 0.167. The zero-order valence-corrected chi connectivity index (χ0v) is 14.5. The van der Waals surface area contributed by atoms with Crippen LogP contribution in [0.15, 0.2) is 53.7 Å². The number of nitrogens with zero attached hydrogens (tertiary/aromatic N) is 1. The van der Waals surface area contributed by atoms with Gasteiger partial charge in [-0.15, -0.1) is 4.91 Å². The predicted octanol–water partition coefficient (Wildman–Crippen LogP) is 3.21. The molecule has 0 heterocycles. The van der Waals surface area contributed by atoms with Crippen molar-refractivity contribution in [1.29, 1.82) is 0 Å². The molecule has 2 aromatic rings. The third kappa shape index (κ3) is 4.52. The van der Waals surface area contributed by atoms with Crippen molar-refractivity contribution in [2.45, 2.75) is 13.0 Å². The minimum atomic E-state index is -1.85. The molecule has 0 saturated carbocycles. The number of benzene rings is 2. The molecule has 7 nitrogen and oxygen atoms in total. The van der Waals surface area contributed by atoms with E-state index in [0.29, 0.717) is 10.6 Å². The summed E-state index contributed by atoms with van der Waals surface area (Å²) in [5.41, 5.74) is 0.707. The summed E-state index contributed by atoms with van der Waals surface area (Å²) in [7, 11) is 0. The van der Waals surface area contributed by atoms with E-state index >= 15 is 0 Å². The van der Waals surface area contributed by atoms with Gasteiger partial charge in [0.2, 0.25) is 0 Å². The number of amides is 1. The molecule has 1 amide bonds. The number of anilines is 1. The first kappa shape index (κ1) is 19.3. The number of carbonyl (C=O) groups excluding carboxylic acids is 3. The normalized spacial score (nSPS) is 11.3. The predicted molar refractivity (Wildman–Crippen MR) is 96.2 cm³/mol. The molecule has 0 aliphatic rings. The minimum Gasteiger partial charge on any atom is -0.464 e. The van der Waals surface area contributed by atoms with Gasteiger partial charge < -0.3 is 10.1 Å². The van der Waals surface area contributed by atoms with Crippen LogP contribution in [0.4, 0.5) is 5.69 Å². The summed E-state index contributed by atoms with van der Waals surface area (Å²) >= 11 is 5.82. The van der Waals surface area contributed by atoms with E-state index in [4.69, 9.17) is 11.6 Å². The maximum atomic E-state index is 12.7. The lowest BCUT2D eigenvalue weighted by Crippen LogP contribution is -2.35. The van der Waals surface area contributed by atoms with Crippen LogP contribution in [0.5, 0.6) is 0 Å². The molecule has 1 unspecified atom stereocenters. The second-order valence-corrected chi connectivity index (χ2v) is 5.57. The number of nitrogens with one attached hydrogen (secondary N) is 1. The molecule has 0 bridgehead atoms. The summed E-state index contributed by atoms with van der Waals surface area (Å²) in [5.74, 6) is -2.39. The number of para-hydroxylation sites is 1. The highest BCUT2D eigenvalue weighted by molar-refractivity contribution is 6.30. The van der Waals surface area contributed by atoms with Crippen LogP contribution in [0, 0.1) is 4.91 Å². The number of ether oxygens (including phenoxy) is 1. The fourth-order valence-electron chi connectivity index (χ4n) is 2.17. The van der Waals surface area contributed by atoms with E-state index in [9.17, 15) is 19.3 Å². The molecule has 8 heteroatoms. The maximum absolute atomic E-state index is 12.7. The van der Waals surface area contributed by atoms with Crippen molar-refractivity contribution in [2.75, 3.05) is 11.9 Å². The summed E-state index contributed by atoms with van der Waals surface area (Å²) < 4.78 is 4.64. The molecule has 1 N–H and O–H groups in total. The van der Waals surface area contributed by atoms with Gasteiger partial charge in [0.25, 0.3) is 11.9 Å². The van der Waals surface area contributed by atoms with Gasteiger partial charge in [0, 0.05) is 16.1 Å². The summed E-state index contributed by atoms with van der Waals surface area (Å²) in [4.78, 5) is 47.3. The zero-order chi connectivity index (χ0) is 19.1. The van der Waals surface area contributed by atoms with Crippen LogP contribution in [0.2, 0.25) is 5.02 Å². The lowest BCUT2D eigenvalue weighted by atomic mass is 10.0. The quantitative estimate of drug-likeness (QED) is 0.347. The highest BCUT2D eigenvalue weighted by Gasteiger charge is 2.30. The summed E-state index contributed by atoms with van der Waals surface area (Å²) in [5, 5.41) is 5.38. The number of carbonyl (C=O) groups is 3. The van der Waals surface area contributed by atoms with Crippen LogP contribution in [0.3, 0.4) is 0 Å². The minimum absolute atomic E-state index is 0.00374. The zero-order valence-electron chi connectivity index (χ0n) is 13.8. The summed E-state index contributed by atoms with van der Waals surface area (Å²) in [6, 6.07) is 10.6. The van der Waals surface area contributed by atoms with Gasteiger partial charge in [0.1, 0.15) is 0 Å². The Morgan fingerprint density at radius 1 is 1.12 bits per heavy atom. The Morgan fingerprint density at radius 2 is 1.77 bits per heavy atom. The van der Waals surface area contributed by atoms with Gasteiger partial charge in [-0.05, 0) is 48.5 Å². The van der Waals surface area contributed by atoms with Gasteiger partial charge in [-0.1, -0.05) is 23.7 Å². The molecule has 134 valence electrons. The monoisotopic (exact) mass is 374 g/mol. The lowest BCUT2D eigenvalue weighted by Gasteiger charge is -2.12. The highest BCUT2D eigenvalue weighted by atomic mass is 35.5. The second-order valence-electron chi connectivity index (χ2n) is 5.13. The molecule has 2 aromatic carbocycles. The first-order chi connectivity index (χ1) is 12.5. The van der Waals surface area contributed by atoms with Crippen LogP contribution in [0.25, 0.3) is 0 Å². The largest absolute Gasteiger partial charge is 0.464 e. The first-order valence-corrected chi connectivity index (χ1v) is 8.05. The molecule has 0 aliphatic heterocycles. The lowest BCUT2D eigenvalue weighted by molar-refractivity contribution is -0.146. The van der Waals surface area contributed by atoms with Crippen molar-refractivity contribution < 1.29 is 19.1 Å². The van der Waals surface area contributed by atoms with Crippen molar-refractivity contribution >= 4 is 34.9 Å². The maximum Gasteiger partial charge on any atom is 0.344 e. The van der Waals surface area contributed by atoms with E-state index in [0.717, 1.165) is 0 Å². The Bertz CT molecular complexity index is 836. The third-order valence-electron chi connectivity index (χ3n) is 3.40. The Labute approximate surface area is 154 Å². The SMILES string of the molecule is CCOC(=O)C(N=O)C(=O)Nc1ccccc1C(=O)c1ccc(Cl)cc1. The molecule has 0 aliphatic carbocycles. The smallest absolute Gasteiger partial charge is 0.344 e. The van der Waals surface area contributed by atoms with Crippen LogP contribution >= 0.6 is 11.6 Å². The Morgan fingerprint density at radius 3 is 2.38 bits per heavy atom. The third-order valence-corrected chi connectivity index (χ3v) is 3.65. The van der Waals surface area contributed by atoms with Crippen LogP contribution in [0.1, 0.15) is 22.8 Å². The molecule has 26 heavy (non-hydrogen) atoms. The Balaban J connectivity index is 2.27. The van der Waals surface area contributed by atoms with E-state index in [1.165, 1.54) is 19.1 Å². The van der Waals surface area contributed by atoms with Crippen molar-refractivity contribution in [3.8, 4) is 0 Å². The van der Waals surface area contributed by atoms with Crippen LogP contribution in [-0.2, 0) is 14.3 Å². The van der Waals surface area contributed by atoms with Crippen LogP contribution in [-0.4, -0.2) is 30.3 Å². The number of nitroso groups, excluding NO2 is 1. The topological polar surface area (TPSA) is 102 Å². The number of rotatable bonds is 7. The second kappa shape index (κ2) is 8.87. The molecule has 0 aromatic heterocycles. The number of ketones is 1. The number of esters is 1. The van der Waals surface area contributed by atoms with Crippen LogP contribution < -0.4 is 5.32 Å². The summed E-state index contributed by atoms with van der Waals surface area (Å²) in [6.45, 7) is 1.54. The number of hydrogen-bond donors (Lipinski definition) is 1. The standard InChI is InChI=1S/C18H15ClN2O5/c1-2-26-18(24)15(21-25)17(23)20-14-6-4-3-5-13(14)16(22)11-7-9-12(19)10-8-11/h3-10,15H,2H2,1H3,(H,20,23). The van der Waals surface area contributed by atoms with Crippen molar-refractivity contribution in [1.82, 2.24) is 0 Å². The number of hydrogen-bond acceptors (Lipinski definition) is 6. The van der Waals surface area contributed by atoms with Crippen molar-refractivity contribution in [3.63, 3.8) is 0 Å². The molecule has 0 fully saturated rings. The van der Waals surface area contributed by atoms with E-state index in [2.05, 4.69) is 15.2 Å². The van der Waals surface area contributed by atoms with Crippen molar-refractivity contribution in [3.05, 3.63) is 69.6 Å². The molecule has 0 spiro atoms. The van der Waals surface area contributed by atoms with E-state index in [1.54, 1.807) is 36.4 Å². The van der Waals surface area contributed by atoms with Crippen molar-refractivity contribution in [2.24, 2.45) is 5.18 Å². The van der Waals surface area contributed by atoms with E-state index in [1.807, 2.05) is 0 Å². The van der Waals surface area contributed by atoms with Gasteiger partial charge in [-0.2, -0.15) is 0 Å². The summed E-state index contributed by atoms with van der Waals surface area (Å²) in [6.07, 6.45) is 0. The molecule has 2 rings (SSSR count). The molecule has 0 saturated heterocycles. The molecular weight excluding hydrogens is 360 g/mol. The van der Waals surface area contributed by atoms with Gasteiger partial charge in [-0.25, -0.2) is 4.79 Å². The molecular formula is C18H15ClN2O5. The number of halogens is 1. The molecule has 1 atom stereocenters. The van der Waals surface area contributed by atoms with Gasteiger partial charge in [-0.3, -0.25) is 9.59 Å². The van der Waals surface area contributed by atoms with Gasteiger partial charge >= 0.3 is 5.97 Å². The Hall–Kier alpha value is -3.06. The Kier molecular flexibility index (Phi) is 6.57. The average molecular weight is 375 g/mol. The molecule has 0 radical (unpaired) electrons. The van der Waals surface area contributed by atoms with Gasteiger partial charge in [0.05, 0.1) is 12.3 Å². The average Bonchev–Trinajstić information content (AvgIpc) is 2.63. The fourth-order valence-corrected chi connectivity index (χ4v) is 2.29. The van der Waals surface area contributed by atoms with E-state index in [-0.39, 0.29) is 23.6 Å². The first-order valence-electron chi connectivity index (χ1n) is 7.67. The van der Waals surface area contributed by atoms with E-state index < -0.39 is 17.9 Å². The highest BCUT2D eigenvalue weighted by Crippen LogP contribution is 2.21. The van der Waals surface area contributed by atoms with Gasteiger partial charge in [0.15, 0.2) is 5.78 Å².